The van der Waals surface area contributed by atoms with Crippen LogP contribution in [0.2, 0.25) is 0 Å². The molecule has 1 unspecified atom stereocenters. The van der Waals surface area contributed by atoms with Crippen LogP contribution in [0.25, 0.3) is 22.5 Å². The highest BCUT2D eigenvalue weighted by Gasteiger charge is 2.22. The number of hydrogen-bond acceptors (Lipinski definition) is 9. The van der Waals surface area contributed by atoms with Crippen molar-refractivity contribution in [3.05, 3.63) is 141 Å². The summed E-state index contributed by atoms with van der Waals surface area (Å²) in [4.78, 5) is 28.8. The van der Waals surface area contributed by atoms with Crippen molar-refractivity contribution in [3.8, 4) is 22.5 Å². The minimum atomic E-state index is -0.637. The number of allylic oxidation sites excluding steroid dienone is 2. The molecule has 0 amide bonds. The van der Waals surface area contributed by atoms with Gasteiger partial charge in [-0.3, -0.25) is 14.4 Å². The minimum Gasteiger partial charge on any atom is -0.490 e. The van der Waals surface area contributed by atoms with Crippen molar-refractivity contribution in [2.45, 2.75) is 73.0 Å². The van der Waals surface area contributed by atoms with E-state index in [9.17, 15) is 4.79 Å². The number of ether oxygens (including phenoxy) is 1. The standard InChI is InChI=1S/C41H45N9O2/c1-6-7-17-38-36(24-30-18-20-32(21-19-30)34-15-11-12-16-35(34)39-46-48-49-47-39)40(51)50(29(5)45-38)41-42-25-33(26-43-41)52-23-22-37(27(2)3)44-28(4)31-13-9-8-10-14-31/h8-16,18-21,25-26,41-42H,6-7,17,22-24H2,1-5H3,(H,46,47,48,49). The lowest BCUT2D eigenvalue weighted by atomic mass is 9.96. The first-order chi connectivity index (χ1) is 25.3. The number of aryl methyl sites for hydroxylation is 2. The Bertz CT molecular complexity index is 2160. The van der Waals surface area contributed by atoms with Crippen molar-refractivity contribution in [2.75, 3.05) is 6.61 Å². The van der Waals surface area contributed by atoms with Gasteiger partial charge >= 0.3 is 0 Å². The van der Waals surface area contributed by atoms with Crippen LogP contribution in [0.1, 0.15) is 81.5 Å². The van der Waals surface area contributed by atoms with Crippen LogP contribution in [0.3, 0.4) is 0 Å². The van der Waals surface area contributed by atoms with E-state index >= 15 is 0 Å². The van der Waals surface area contributed by atoms with Gasteiger partial charge in [-0.2, -0.15) is 5.21 Å². The maximum absolute atomic E-state index is 14.2. The highest BCUT2D eigenvalue weighted by molar-refractivity contribution is 5.99. The Balaban J connectivity index is 1.16. The van der Waals surface area contributed by atoms with Gasteiger partial charge in [-0.15, -0.1) is 10.2 Å². The lowest BCUT2D eigenvalue weighted by Crippen LogP contribution is -2.37. The van der Waals surface area contributed by atoms with E-state index < -0.39 is 6.29 Å². The largest absolute Gasteiger partial charge is 0.490 e. The molecule has 52 heavy (non-hydrogen) atoms. The van der Waals surface area contributed by atoms with Gasteiger partial charge < -0.3 is 10.1 Å². The summed E-state index contributed by atoms with van der Waals surface area (Å²) < 4.78 is 7.69. The monoisotopic (exact) mass is 695 g/mol. The molecule has 0 aliphatic carbocycles. The minimum absolute atomic E-state index is 0.0996. The molecular formula is C41H45N9O2. The van der Waals surface area contributed by atoms with Crippen LogP contribution in [0, 0.1) is 6.92 Å². The van der Waals surface area contributed by atoms with Gasteiger partial charge in [0.2, 0.25) is 12.1 Å². The lowest BCUT2D eigenvalue weighted by molar-refractivity contribution is 0.229. The van der Waals surface area contributed by atoms with E-state index in [0.717, 1.165) is 69.8 Å². The summed E-state index contributed by atoms with van der Waals surface area (Å²) in [5.41, 5.74) is 9.55. The number of nitrogens with zero attached hydrogens (tertiary/aromatic N) is 7. The van der Waals surface area contributed by atoms with Crippen LogP contribution in [-0.4, -0.2) is 48.7 Å². The molecule has 0 saturated heterocycles. The average molecular weight is 696 g/mol. The molecule has 266 valence electrons. The Morgan fingerprint density at radius 3 is 2.38 bits per heavy atom. The molecule has 3 heterocycles. The Morgan fingerprint density at radius 1 is 0.962 bits per heavy atom. The molecule has 3 aromatic carbocycles. The van der Waals surface area contributed by atoms with Gasteiger partial charge in [-0.05, 0) is 68.0 Å². The predicted octanol–water partition coefficient (Wildman–Crippen LogP) is 7.51. The zero-order valence-electron chi connectivity index (χ0n) is 30.4. The Hall–Kier alpha value is -5.97. The normalized spacial score (nSPS) is 14.1. The number of tetrazole rings is 1. The number of aromatic amines is 1. The van der Waals surface area contributed by atoms with E-state index in [0.29, 0.717) is 42.4 Å². The summed E-state index contributed by atoms with van der Waals surface area (Å²) in [5.74, 6) is 1.74. The summed E-state index contributed by atoms with van der Waals surface area (Å²) in [7, 11) is 0. The predicted molar refractivity (Wildman–Crippen MR) is 206 cm³/mol. The molecule has 0 fully saturated rings. The smallest absolute Gasteiger partial charge is 0.260 e. The van der Waals surface area contributed by atoms with Gasteiger partial charge in [0, 0.05) is 41.6 Å². The number of unbranched alkanes of at least 4 members (excludes halogenated alkanes) is 1. The molecule has 0 bridgehead atoms. The Morgan fingerprint density at radius 2 is 1.71 bits per heavy atom. The van der Waals surface area contributed by atoms with E-state index in [1.807, 2.05) is 56.3 Å². The van der Waals surface area contributed by atoms with Crippen molar-refractivity contribution in [1.29, 1.82) is 0 Å². The summed E-state index contributed by atoms with van der Waals surface area (Å²) in [6.07, 6.45) is 6.60. The molecule has 0 spiro atoms. The summed E-state index contributed by atoms with van der Waals surface area (Å²) in [6.45, 7) is 10.6. The van der Waals surface area contributed by atoms with Crippen LogP contribution in [0.4, 0.5) is 0 Å². The zero-order valence-corrected chi connectivity index (χ0v) is 30.4. The van der Waals surface area contributed by atoms with Gasteiger partial charge in [0.15, 0.2) is 5.76 Å². The molecule has 1 atom stereocenters. The van der Waals surface area contributed by atoms with Crippen LogP contribution in [-0.2, 0) is 17.6 Å². The van der Waals surface area contributed by atoms with E-state index in [-0.39, 0.29) is 5.56 Å². The van der Waals surface area contributed by atoms with Crippen molar-refractivity contribution < 1.29 is 4.74 Å². The van der Waals surface area contributed by atoms with Crippen LogP contribution in [0.15, 0.2) is 117 Å². The van der Waals surface area contributed by atoms with Gasteiger partial charge in [-0.1, -0.05) is 97.8 Å². The fourth-order valence-electron chi connectivity index (χ4n) is 6.19. The second-order valence-corrected chi connectivity index (χ2v) is 13.0. The number of aliphatic imine (C=N–C) groups is 2. The summed E-state index contributed by atoms with van der Waals surface area (Å²) in [5, 5.41) is 17.8. The van der Waals surface area contributed by atoms with Crippen molar-refractivity contribution in [3.63, 3.8) is 0 Å². The zero-order chi connectivity index (χ0) is 36.5. The van der Waals surface area contributed by atoms with Crippen molar-refractivity contribution >= 4 is 11.9 Å². The lowest BCUT2D eigenvalue weighted by Gasteiger charge is -2.23. The van der Waals surface area contributed by atoms with Crippen LogP contribution >= 0.6 is 0 Å². The third-order valence-electron chi connectivity index (χ3n) is 9.04. The number of hydrogen-bond donors (Lipinski definition) is 2. The molecule has 1 aliphatic heterocycles. The van der Waals surface area contributed by atoms with Gasteiger partial charge in [0.25, 0.3) is 5.56 Å². The van der Waals surface area contributed by atoms with Crippen molar-refractivity contribution in [1.82, 2.24) is 35.5 Å². The van der Waals surface area contributed by atoms with E-state index in [2.05, 4.69) is 88.1 Å². The molecular weight excluding hydrogens is 651 g/mol. The highest BCUT2D eigenvalue weighted by Crippen LogP contribution is 2.30. The van der Waals surface area contributed by atoms with Crippen molar-refractivity contribution in [2.24, 2.45) is 9.98 Å². The number of aromatic nitrogens is 6. The number of rotatable bonds is 14. The molecule has 2 N–H and O–H groups in total. The first kappa shape index (κ1) is 35.8. The van der Waals surface area contributed by atoms with Gasteiger partial charge in [-0.25, -0.2) is 9.98 Å². The van der Waals surface area contributed by atoms with Gasteiger partial charge in [0.05, 0.1) is 18.5 Å². The first-order valence-electron chi connectivity index (χ1n) is 17.7. The summed E-state index contributed by atoms with van der Waals surface area (Å²) >= 11 is 0. The van der Waals surface area contributed by atoms with E-state index in [1.165, 1.54) is 0 Å². The molecule has 6 rings (SSSR count). The molecule has 5 aromatic rings. The SMILES string of the molecule is CCCCc1nc(C)n(C2N=CC(OCCC(N=C(C)c3ccccc3)=C(C)C)=CN2)c(=O)c1Cc1ccc(-c2ccccc2-c2nn[nH]n2)cc1. The van der Waals surface area contributed by atoms with Crippen LogP contribution in [0.5, 0.6) is 0 Å². The highest BCUT2D eigenvalue weighted by atomic mass is 16.5. The number of H-pyrrole nitrogens is 1. The quantitative estimate of drug-likeness (QED) is 0.115. The Kier molecular flexibility index (Phi) is 11.6. The van der Waals surface area contributed by atoms with Crippen LogP contribution < -0.4 is 10.9 Å². The maximum Gasteiger partial charge on any atom is 0.260 e. The molecule has 0 radical (unpaired) electrons. The molecule has 11 nitrogen and oxygen atoms in total. The fraction of sp³-hybridized carbons (Fsp3) is 0.293. The fourth-order valence-corrected chi connectivity index (χ4v) is 6.19. The Labute approximate surface area is 304 Å². The molecule has 1 aliphatic rings. The second kappa shape index (κ2) is 16.8. The van der Waals surface area contributed by atoms with Gasteiger partial charge in [0.1, 0.15) is 5.82 Å². The topological polar surface area (TPSA) is 135 Å². The summed E-state index contributed by atoms with van der Waals surface area (Å²) in [6, 6.07) is 26.4. The third-order valence-corrected chi connectivity index (χ3v) is 9.04. The first-order valence-corrected chi connectivity index (χ1v) is 17.7. The third kappa shape index (κ3) is 8.48. The molecule has 2 aromatic heterocycles. The molecule has 0 saturated carbocycles. The number of benzene rings is 3. The average Bonchev–Trinajstić information content (AvgIpc) is 3.71. The van der Waals surface area contributed by atoms with E-state index in [4.69, 9.17) is 14.7 Å². The van der Waals surface area contributed by atoms with E-state index in [1.54, 1.807) is 17.0 Å². The second-order valence-electron chi connectivity index (χ2n) is 13.0. The molecule has 11 heteroatoms. The number of nitrogens with one attached hydrogen (secondary N) is 2. The maximum atomic E-state index is 14.2.